The number of carbonyl (C=O) groups excluding carboxylic acids is 1. The number of carboxylic acids is 1. The van der Waals surface area contributed by atoms with Gasteiger partial charge in [-0.2, -0.15) is 0 Å². The Morgan fingerprint density at radius 1 is 0.878 bits per heavy atom. The van der Waals surface area contributed by atoms with Crippen molar-refractivity contribution in [3.63, 3.8) is 0 Å². The fraction of sp³-hybridized carbons (Fsp3) is 0.486. The molecule has 1 atom stereocenters. The van der Waals surface area contributed by atoms with Crippen molar-refractivity contribution in [3.8, 4) is 11.5 Å². The third-order valence-corrected chi connectivity index (χ3v) is 7.73. The van der Waals surface area contributed by atoms with Crippen LogP contribution in [-0.4, -0.2) is 29.3 Å². The Morgan fingerprint density at radius 3 is 2.15 bits per heavy atom. The minimum absolute atomic E-state index is 0.0406. The summed E-state index contributed by atoms with van der Waals surface area (Å²) in [5.74, 6) is -1.40. The zero-order chi connectivity index (χ0) is 29.7. The molecule has 2 aromatic carbocycles. The second kappa shape index (κ2) is 15.6. The lowest BCUT2D eigenvalue weighted by atomic mass is 9.74. The molecule has 3 rings (SSSR count). The summed E-state index contributed by atoms with van der Waals surface area (Å²) in [5, 5.41) is 10.3. The quantitative estimate of drug-likeness (QED) is 0.0899. The number of carbonyl (C=O) groups is 2. The standard InChI is InChI=1S/C35H45FO5/c1-4-6-8-9-10-14-26-40-29-19-17-27(18-20-29)28-21-24-35(25-22-28,32(37)38)30-15-11-12-16-31(30)41-33(39)34(3,36)23-13-7-5-2/h11-12,15-22,24-25,28H,4-10,13-14,23,26H2,1-3H3,(H,37,38). The summed E-state index contributed by atoms with van der Waals surface area (Å²) in [6.07, 6.45) is 16.5. The maximum Gasteiger partial charge on any atom is 0.348 e. The lowest BCUT2D eigenvalue weighted by molar-refractivity contribution is -0.147. The SMILES string of the molecule is CCCCCCCCOc1ccc(C2C=CC(C(=O)O)(c3ccccc3OC(=O)C(C)(F)CCCCC)C=C2)cc1. The second-order valence-corrected chi connectivity index (χ2v) is 11.1. The largest absolute Gasteiger partial charge is 0.494 e. The van der Waals surface area contributed by atoms with Crippen LogP contribution in [0.4, 0.5) is 4.39 Å². The summed E-state index contributed by atoms with van der Waals surface area (Å²) < 4.78 is 26.5. The Labute approximate surface area is 244 Å². The maximum absolute atomic E-state index is 15.1. The normalized spacial score (nSPS) is 19.5. The average Bonchev–Trinajstić information content (AvgIpc) is 2.97. The molecule has 0 saturated carbocycles. The number of hydrogen-bond acceptors (Lipinski definition) is 4. The predicted octanol–water partition coefficient (Wildman–Crippen LogP) is 8.87. The molecule has 0 bridgehead atoms. The fourth-order valence-electron chi connectivity index (χ4n) is 5.06. The number of unbranched alkanes of at least 4 members (excludes halogenated alkanes) is 7. The highest BCUT2D eigenvalue weighted by atomic mass is 19.1. The minimum Gasteiger partial charge on any atom is -0.494 e. The van der Waals surface area contributed by atoms with E-state index in [0.717, 1.165) is 30.6 Å². The summed E-state index contributed by atoms with van der Waals surface area (Å²) in [6.45, 7) is 6.13. The Hall–Kier alpha value is -3.41. The highest BCUT2D eigenvalue weighted by Gasteiger charge is 2.41. The topological polar surface area (TPSA) is 72.8 Å². The van der Waals surface area contributed by atoms with Crippen molar-refractivity contribution in [2.24, 2.45) is 0 Å². The number of hydrogen-bond donors (Lipinski definition) is 1. The Morgan fingerprint density at radius 2 is 1.49 bits per heavy atom. The Kier molecular flexibility index (Phi) is 12.2. The van der Waals surface area contributed by atoms with Gasteiger partial charge in [-0.25, -0.2) is 9.18 Å². The van der Waals surface area contributed by atoms with Gasteiger partial charge >= 0.3 is 11.9 Å². The van der Waals surface area contributed by atoms with Crippen molar-refractivity contribution < 1.29 is 28.6 Å². The number of para-hydroxylation sites is 1. The molecule has 0 saturated heterocycles. The van der Waals surface area contributed by atoms with Gasteiger partial charge in [0.05, 0.1) is 6.61 Å². The number of ether oxygens (including phenoxy) is 2. The zero-order valence-corrected chi connectivity index (χ0v) is 24.7. The molecule has 0 aromatic heterocycles. The summed E-state index contributed by atoms with van der Waals surface area (Å²) >= 11 is 0. The molecule has 41 heavy (non-hydrogen) atoms. The van der Waals surface area contributed by atoms with E-state index < -0.39 is 23.0 Å². The van der Waals surface area contributed by atoms with E-state index in [4.69, 9.17) is 9.47 Å². The van der Waals surface area contributed by atoms with Gasteiger partial charge in [-0.05, 0) is 49.9 Å². The van der Waals surface area contributed by atoms with Crippen LogP contribution in [0.5, 0.6) is 11.5 Å². The maximum atomic E-state index is 15.1. The number of halogens is 1. The highest BCUT2D eigenvalue weighted by molar-refractivity contribution is 5.89. The first-order valence-electron chi connectivity index (χ1n) is 15.1. The molecule has 0 spiro atoms. The number of alkyl halides is 1. The molecular weight excluding hydrogens is 519 g/mol. The van der Waals surface area contributed by atoms with E-state index in [9.17, 15) is 14.7 Å². The molecular formula is C35H45FO5. The molecule has 0 radical (unpaired) electrons. The number of allylic oxidation sites excluding steroid dienone is 2. The molecule has 2 aromatic rings. The van der Waals surface area contributed by atoms with E-state index in [2.05, 4.69) is 6.92 Å². The molecule has 0 amide bonds. The van der Waals surface area contributed by atoms with E-state index in [0.29, 0.717) is 13.0 Å². The third-order valence-electron chi connectivity index (χ3n) is 7.73. The smallest absolute Gasteiger partial charge is 0.348 e. The first-order chi connectivity index (χ1) is 19.7. The van der Waals surface area contributed by atoms with Crippen LogP contribution in [0, 0.1) is 0 Å². The molecule has 1 aliphatic rings. The van der Waals surface area contributed by atoms with Crippen LogP contribution in [0.1, 0.15) is 102 Å². The van der Waals surface area contributed by atoms with Crippen LogP contribution < -0.4 is 9.47 Å². The number of rotatable bonds is 17. The minimum atomic E-state index is -2.16. The lowest BCUT2D eigenvalue weighted by Crippen LogP contribution is -2.37. The molecule has 1 unspecified atom stereocenters. The summed E-state index contributed by atoms with van der Waals surface area (Å²) in [6, 6.07) is 14.3. The van der Waals surface area contributed by atoms with Gasteiger partial charge < -0.3 is 14.6 Å². The first-order valence-corrected chi connectivity index (χ1v) is 15.1. The van der Waals surface area contributed by atoms with Crippen molar-refractivity contribution in [3.05, 3.63) is 84.0 Å². The Bertz CT molecular complexity index is 1170. The van der Waals surface area contributed by atoms with Crippen molar-refractivity contribution in [2.45, 2.75) is 102 Å². The lowest BCUT2D eigenvalue weighted by Gasteiger charge is -2.29. The van der Waals surface area contributed by atoms with Gasteiger partial charge in [0.25, 0.3) is 0 Å². The van der Waals surface area contributed by atoms with E-state index >= 15 is 4.39 Å². The first kappa shape index (κ1) is 32.1. The molecule has 6 heteroatoms. The van der Waals surface area contributed by atoms with E-state index in [-0.39, 0.29) is 23.7 Å². The molecule has 1 N–H and O–H groups in total. The zero-order valence-electron chi connectivity index (χ0n) is 24.7. The van der Waals surface area contributed by atoms with Gasteiger partial charge in [0.1, 0.15) is 16.9 Å². The van der Waals surface area contributed by atoms with Crippen molar-refractivity contribution >= 4 is 11.9 Å². The van der Waals surface area contributed by atoms with Crippen molar-refractivity contribution in [2.75, 3.05) is 6.61 Å². The molecule has 5 nitrogen and oxygen atoms in total. The highest BCUT2D eigenvalue weighted by Crippen LogP contribution is 2.40. The number of benzene rings is 2. The van der Waals surface area contributed by atoms with Gasteiger partial charge in [0.15, 0.2) is 0 Å². The van der Waals surface area contributed by atoms with Crippen LogP contribution >= 0.6 is 0 Å². The molecule has 0 fully saturated rings. The summed E-state index contributed by atoms with van der Waals surface area (Å²) in [4.78, 5) is 25.4. The van der Waals surface area contributed by atoms with E-state index in [1.807, 2.05) is 43.3 Å². The summed E-state index contributed by atoms with van der Waals surface area (Å²) in [5.41, 5.74) is -2.44. The molecule has 0 heterocycles. The second-order valence-electron chi connectivity index (χ2n) is 11.1. The van der Waals surface area contributed by atoms with Gasteiger partial charge in [-0.3, -0.25) is 4.79 Å². The van der Waals surface area contributed by atoms with Crippen molar-refractivity contribution in [1.82, 2.24) is 0 Å². The van der Waals surface area contributed by atoms with E-state index in [1.165, 1.54) is 45.1 Å². The fourth-order valence-corrected chi connectivity index (χ4v) is 5.06. The van der Waals surface area contributed by atoms with Crippen LogP contribution in [0.15, 0.2) is 72.8 Å². The van der Waals surface area contributed by atoms with Crippen molar-refractivity contribution in [1.29, 1.82) is 0 Å². The molecule has 1 aliphatic carbocycles. The van der Waals surface area contributed by atoms with Crippen LogP contribution in [0.25, 0.3) is 0 Å². The van der Waals surface area contributed by atoms with Gasteiger partial charge in [-0.1, -0.05) is 113 Å². The van der Waals surface area contributed by atoms with Gasteiger partial charge in [-0.15, -0.1) is 0 Å². The monoisotopic (exact) mass is 564 g/mol. The number of aliphatic carboxylic acids is 1. The Balaban J connectivity index is 1.69. The third kappa shape index (κ3) is 8.79. The predicted molar refractivity (Wildman–Crippen MR) is 161 cm³/mol. The average molecular weight is 565 g/mol. The van der Waals surface area contributed by atoms with Gasteiger partial charge in [0, 0.05) is 11.5 Å². The van der Waals surface area contributed by atoms with Gasteiger partial charge in [0.2, 0.25) is 5.67 Å². The molecule has 222 valence electrons. The van der Waals surface area contributed by atoms with Crippen LogP contribution in [-0.2, 0) is 15.0 Å². The molecule has 0 aliphatic heterocycles. The van der Waals surface area contributed by atoms with E-state index in [1.54, 1.807) is 30.4 Å². The van der Waals surface area contributed by atoms with Crippen LogP contribution in [0.2, 0.25) is 0 Å². The van der Waals surface area contributed by atoms with Crippen LogP contribution in [0.3, 0.4) is 0 Å². The number of carboxylic acid groups (broad SMARTS) is 1. The number of esters is 1. The summed E-state index contributed by atoms with van der Waals surface area (Å²) in [7, 11) is 0.